The molecule has 4 nitrogen and oxygen atoms in total. The van der Waals surface area contributed by atoms with E-state index in [0.717, 1.165) is 31.4 Å². The van der Waals surface area contributed by atoms with Gasteiger partial charge in [0.15, 0.2) is 0 Å². The molecule has 0 radical (unpaired) electrons. The molecular weight excluding hydrogens is 316 g/mol. The number of hydrogen-bond acceptors (Lipinski definition) is 3. The van der Waals surface area contributed by atoms with Crippen LogP contribution in [-0.4, -0.2) is 29.4 Å². The van der Waals surface area contributed by atoms with E-state index in [0.29, 0.717) is 18.3 Å². The van der Waals surface area contributed by atoms with Crippen molar-refractivity contribution in [1.29, 1.82) is 0 Å². The van der Waals surface area contributed by atoms with Crippen LogP contribution in [0.1, 0.15) is 55.2 Å². The number of aryl methyl sites for hydroxylation is 1. The van der Waals surface area contributed by atoms with Gasteiger partial charge in [-0.2, -0.15) is 0 Å². The highest BCUT2D eigenvalue weighted by molar-refractivity contribution is 5.71. The summed E-state index contributed by atoms with van der Waals surface area (Å²) in [6, 6.07) is 4.12. The normalized spacial score (nSPS) is 39.3. The van der Waals surface area contributed by atoms with Gasteiger partial charge in [-0.3, -0.25) is 4.79 Å². The highest BCUT2D eigenvalue weighted by Crippen LogP contribution is 2.63. The minimum absolute atomic E-state index is 0.115. The van der Waals surface area contributed by atoms with E-state index in [4.69, 9.17) is 4.74 Å². The van der Waals surface area contributed by atoms with Crippen molar-refractivity contribution in [2.75, 3.05) is 7.11 Å². The molecule has 0 heterocycles. The van der Waals surface area contributed by atoms with Crippen molar-refractivity contribution < 1.29 is 19.7 Å². The van der Waals surface area contributed by atoms with Crippen LogP contribution in [0.5, 0.6) is 5.75 Å². The summed E-state index contributed by atoms with van der Waals surface area (Å²) >= 11 is 0. The van der Waals surface area contributed by atoms with Crippen molar-refractivity contribution in [3.63, 3.8) is 0 Å². The Balaban J connectivity index is 1.79. The lowest BCUT2D eigenvalue weighted by atomic mass is 9.53. The van der Waals surface area contributed by atoms with Crippen molar-refractivity contribution in [2.24, 2.45) is 23.2 Å². The van der Waals surface area contributed by atoms with Gasteiger partial charge in [-0.1, -0.05) is 13.0 Å². The summed E-state index contributed by atoms with van der Waals surface area (Å²) in [6.07, 6.45) is 3.80. The Kier molecular flexibility index (Phi) is 3.87. The molecule has 2 fully saturated rings. The van der Waals surface area contributed by atoms with E-state index in [-0.39, 0.29) is 17.3 Å². The molecule has 0 spiro atoms. The van der Waals surface area contributed by atoms with Gasteiger partial charge in [-0.25, -0.2) is 0 Å². The van der Waals surface area contributed by atoms with Gasteiger partial charge in [-0.05, 0) is 79.0 Å². The smallest absolute Gasteiger partial charge is 0.307 e. The summed E-state index contributed by atoms with van der Waals surface area (Å²) in [5.41, 5.74) is 3.46. The highest BCUT2D eigenvalue weighted by Gasteiger charge is 2.59. The van der Waals surface area contributed by atoms with Crippen molar-refractivity contribution in [3.8, 4) is 5.75 Å². The fourth-order valence-electron chi connectivity index (χ4n) is 6.55. The number of ether oxygens (including phenoxy) is 1. The molecule has 3 aliphatic carbocycles. The second-order valence-corrected chi connectivity index (χ2v) is 8.56. The maximum absolute atomic E-state index is 11.8. The summed E-state index contributed by atoms with van der Waals surface area (Å²) in [6.45, 7) is 4.23. The molecule has 0 aromatic heterocycles. The van der Waals surface area contributed by atoms with Gasteiger partial charge in [0.1, 0.15) is 5.75 Å². The van der Waals surface area contributed by atoms with Crippen LogP contribution in [0, 0.1) is 30.1 Å². The van der Waals surface area contributed by atoms with Gasteiger partial charge in [0.05, 0.1) is 19.1 Å². The zero-order chi connectivity index (χ0) is 17.9. The van der Waals surface area contributed by atoms with Crippen LogP contribution in [0.4, 0.5) is 0 Å². The Bertz CT molecular complexity index is 712. The van der Waals surface area contributed by atoms with Crippen molar-refractivity contribution >= 4 is 5.97 Å². The number of rotatable bonds is 2. The molecule has 2 N–H and O–H groups in total. The van der Waals surface area contributed by atoms with E-state index < -0.39 is 12.1 Å². The number of carbonyl (C=O) groups is 1. The molecule has 1 aromatic carbocycles. The monoisotopic (exact) mass is 344 g/mol. The molecule has 136 valence electrons. The van der Waals surface area contributed by atoms with E-state index in [1.165, 1.54) is 16.7 Å². The quantitative estimate of drug-likeness (QED) is 0.861. The van der Waals surface area contributed by atoms with Crippen LogP contribution >= 0.6 is 0 Å². The number of carboxylic acid groups (broad SMARTS) is 1. The summed E-state index contributed by atoms with van der Waals surface area (Å²) in [5, 5.41) is 20.8. The number of aliphatic hydroxyl groups is 1. The van der Waals surface area contributed by atoms with Crippen LogP contribution in [0.2, 0.25) is 0 Å². The second kappa shape index (κ2) is 5.73. The predicted octanol–water partition coefficient (Wildman–Crippen LogP) is 3.53. The first-order chi connectivity index (χ1) is 11.9. The molecule has 3 unspecified atom stereocenters. The molecule has 0 saturated heterocycles. The molecule has 0 aliphatic heterocycles. The zero-order valence-corrected chi connectivity index (χ0v) is 15.3. The van der Waals surface area contributed by atoms with Crippen molar-refractivity contribution in [1.82, 2.24) is 0 Å². The number of aliphatic hydroxyl groups excluding tert-OH is 1. The molecule has 4 rings (SSSR count). The average molecular weight is 344 g/mol. The van der Waals surface area contributed by atoms with Crippen molar-refractivity contribution in [2.45, 2.75) is 58.0 Å². The van der Waals surface area contributed by atoms with Gasteiger partial charge in [0, 0.05) is 5.92 Å². The Hall–Kier alpha value is -1.55. The van der Waals surface area contributed by atoms with E-state index >= 15 is 0 Å². The fraction of sp³-hybridized carbons (Fsp3) is 0.667. The molecule has 2 saturated carbocycles. The van der Waals surface area contributed by atoms with Crippen LogP contribution in [-0.2, 0) is 11.2 Å². The Morgan fingerprint density at radius 2 is 2.04 bits per heavy atom. The minimum Gasteiger partial charge on any atom is -0.496 e. The lowest BCUT2D eigenvalue weighted by Gasteiger charge is -2.52. The Morgan fingerprint density at radius 1 is 1.28 bits per heavy atom. The fourth-order valence-corrected chi connectivity index (χ4v) is 6.55. The van der Waals surface area contributed by atoms with Crippen molar-refractivity contribution in [3.05, 3.63) is 28.8 Å². The van der Waals surface area contributed by atoms with Gasteiger partial charge >= 0.3 is 5.97 Å². The third-order valence-corrected chi connectivity index (χ3v) is 7.56. The SMILES string of the molecule is COc1ccc(C)c2c1CCC1C2[C@@H](O)C[C@@]2(C)C1CC[C@@H]2C(=O)O. The molecule has 4 heteroatoms. The van der Waals surface area contributed by atoms with E-state index in [9.17, 15) is 15.0 Å². The number of hydrogen-bond donors (Lipinski definition) is 2. The zero-order valence-electron chi connectivity index (χ0n) is 15.3. The van der Waals surface area contributed by atoms with Gasteiger partial charge in [-0.15, -0.1) is 0 Å². The lowest BCUT2D eigenvalue weighted by Crippen LogP contribution is -2.50. The Labute approximate surface area is 149 Å². The predicted molar refractivity (Wildman–Crippen MR) is 94.9 cm³/mol. The molecule has 1 aromatic rings. The summed E-state index contributed by atoms with van der Waals surface area (Å²) in [5.74, 6) is 0.793. The largest absolute Gasteiger partial charge is 0.496 e. The molecule has 0 amide bonds. The van der Waals surface area contributed by atoms with Crippen LogP contribution in [0.25, 0.3) is 0 Å². The number of methoxy groups -OCH3 is 1. The first kappa shape index (κ1) is 16.9. The van der Waals surface area contributed by atoms with Crippen LogP contribution < -0.4 is 4.74 Å². The van der Waals surface area contributed by atoms with Gasteiger partial charge in [0.25, 0.3) is 0 Å². The third kappa shape index (κ3) is 2.26. The number of benzene rings is 1. The number of carboxylic acids is 1. The van der Waals surface area contributed by atoms with E-state index in [2.05, 4.69) is 19.9 Å². The van der Waals surface area contributed by atoms with E-state index in [1.54, 1.807) is 7.11 Å². The minimum atomic E-state index is -0.690. The van der Waals surface area contributed by atoms with E-state index in [1.807, 2.05) is 6.07 Å². The van der Waals surface area contributed by atoms with Gasteiger partial charge < -0.3 is 14.9 Å². The molecule has 25 heavy (non-hydrogen) atoms. The maximum atomic E-state index is 11.8. The molecule has 6 atom stereocenters. The van der Waals surface area contributed by atoms with Gasteiger partial charge in [0.2, 0.25) is 0 Å². The number of aliphatic carboxylic acids is 1. The second-order valence-electron chi connectivity index (χ2n) is 8.56. The summed E-state index contributed by atoms with van der Waals surface area (Å²) in [7, 11) is 1.71. The van der Waals surface area contributed by atoms with Crippen LogP contribution in [0.15, 0.2) is 12.1 Å². The molecule has 3 aliphatic rings. The molecule has 0 bridgehead atoms. The lowest BCUT2D eigenvalue weighted by molar-refractivity contribution is -0.149. The summed E-state index contributed by atoms with van der Waals surface area (Å²) in [4.78, 5) is 11.8. The first-order valence-electron chi connectivity index (χ1n) is 9.45. The third-order valence-electron chi connectivity index (χ3n) is 7.56. The molecular formula is C21H28O4. The summed E-state index contributed by atoms with van der Waals surface area (Å²) < 4.78 is 5.58. The standard InChI is InChI=1S/C21H28O4/c1-11-4-9-17(25-3)13-6-5-12-14-7-8-15(20(23)24)21(14,2)10-16(22)19(12)18(11)13/h4,9,12,14-16,19,22H,5-8,10H2,1-3H3,(H,23,24)/t12?,14?,15-,16+,19?,21+/m1/s1. The number of fused-ring (bicyclic) bond motifs is 5. The van der Waals surface area contributed by atoms with Crippen LogP contribution in [0.3, 0.4) is 0 Å². The highest BCUT2D eigenvalue weighted by atomic mass is 16.5. The average Bonchev–Trinajstić information content (AvgIpc) is 2.91. The topological polar surface area (TPSA) is 66.8 Å². The Morgan fingerprint density at radius 3 is 2.72 bits per heavy atom. The maximum Gasteiger partial charge on any atom is 0.307 e. The first-order valence-corrected chi connectivity index (χ1v) is 9.45.